The molecule has 4 rings (SSSR count). The Morgan fingerprint density at radius 1 is 1.22 bits per heavy atom. The maximum atomic E-state index is 13.1. The Bertz CT molecular complexity index is 901. The summed E-state index contributed by atoms with van der Waals surface area (Å²) in [7, 11) is 0. The summed E-state index contributed by atoms with van der Waals surface area (Å²) in [5, 5.41) is 17.4. The first-order valence-corrected chi connectivity index (χ1v) is 6.98. The molecule has 7 nitrogen and oxygen atoms in total. The molecular weight excluding hydrogens is 306 g/mol. The van der Waals surface area contributed by atoms with Crippen LogP contribution in [0, 0.1) is 0 Å². The van der Waals surface area contributed by atoms with Gasteiger partial charge in [-0.2, -0.15) is 9.67 Å². The summed E-state index contributed by atoms with van der Waals surface area (Å²) in [4.78, 5) is 8.16. The lowest BCUT2D eigenvalue weighted by Crippen LogP contribution is -2.34. The summed E-state index contributed by atoms with van der Waals surface area (Å²) in [6, 6.07) is 6.20. The van der Waals surface area contributed by atoms with Crippen molar-refractivity contribution in [1.29, 1.82) is 0 Å². The van der Waals surface area contributed by atoms with Crippen molar-refractivity contribution in [1.82, 2.24) is 25.0 Å². The number of phenolic OH excluding ortho intramolecular Hbond substituents is 1. The molecule has 1 saturated carbocycles. The molecule has 0 atom stereocenters. The topological polar surface area (TPSA) is 103 Å². The number of nitrogens with two attached hydrogens (primary N) is 1. The second kappa shape index (κ2) is 4.58. The quantitative estimate of drug-likeness (QED) is 0.749. The van der Waals surface area contributed by atoms with Crippen LogP contribution in [-0.2, 0) is 0 Å². The molecular formula is C14H12F2N6O. The van der Waals surface area contributed by atoms with Crippen LogP contribution < -0.4 is 5.73 Å². The maximum Gasteiger partial charge on any atom is 0.249 e. The van der Waals surface area contributed by atoms with Crippen molar-refractivity contribution in [3.05, 3.63) is 30.0 Å². The van der Waals surface area contributed by atoms with Crippen molar-refractivity contribution in [2.75, 3.05) is 5.73 Å². The Labute approximate surface area is 128 Å². The monoisotopic (exact) mass is 318 g/mol. The second-order valence-electron chi connectivity index (χ2n) is 5.64. The minimum atomic E-state index is -2.64. The van der Waals surface area contributed by atoms with Crippen LogP contribution in [0.3, 0.4) is 0 Å². The van der Waals surface area contributed by atoms with Gasteiger partial charge < -0.3 is 10.8 Å². The molecule has 0 saturated heterocycles. The Balaban J connectivity index is 1.77. The van der Waals surface area contributed by atoms with E-state index in [1.54, 1.807) is 12.1 Å². The van der Waals surface area contributed by atoms with Crippen molar-refractivity contribution in [2.24, 2.45) is 0 Å². The van der Waals surface area contributed by atoms with Crippen molar-refractivity contribution in [3.63, 3.8) is 0 Å². The number of nitrogens with zero attached hydrogens (tertiary/aromatic N) is 5. The van der Waals surface area contributed by atoms with Crippen LogP contribution in [0.4, 0.5) is 14.7 Å². The molecule has 2 aromatic heterocycles. The molecule has 3 N–H and O–H groups in total. The van der Waals surface area contributed by atoms with Crippen LogP contribution in [0.2, 0.25) is 0 Å². The maximum absolute atomic E-state index is 13.1. The van der Waals surface area contributed by atoms with Gasteiger partial charge in [0.1, 0.15) is 11.3 Å². The van der Waals surface area contributed by atoms with E-state index in [9.17, 15) is 13.9 Å². The number of hydrogen-bond donors (Lipinski definition) is 2. The average Bonchev–Trinajstić information content (AvgIpc) is 2.86. The van der Waals surface area contributed by atoms with Crippen LogP contribution in [0.25, 0.3) is 16.9 Å². The molecule has 0 amide bonds. The largest absolute Gasteiger partial charge is 0.508 e. The zero-order valence-corrected chi connectivity index (χ0v) is 11.8. The number of aromatic hydroxyl groups is 1. The van der Waals surface area contributed by atoms with E-state index in [4.69, 9.17) is 5.73 Å². The highest BCUT2D eigenvalue weighted by molar-refractivity contribution is 5.77. The standard InChI is InChI=1S/C14H12F2N6O/c15-14(16)5-7(6-14)9-4-12(19-13(17)18-9)22-11-2-1-8(23)3-10(11)20-21-22/h1-4,7,23H,5-6H2,(H2,17,18,19). The molecule has 1 aliphatic rings. The van der Waals surface area contributed by atoms with Crippen molar-refractivity contribution < 1.29 is 13.9 Å². The van der Waals surface area contributed by atoms with Gasteiger partial charge >= 0.3 is 0 Å². The average molecular weight is 318 g/mol. The highest BCUT2D eigenvalue weighted by atomic mass is 19.3. The predicted molar refractivity (Wildman–Crippen MR) is 77.5 cm³/mol. The van der Waals surface area contributed by atoms with Crippen LogP contribution in [0.5, 0.6) is 5.75 Å². The Kier molecular flexibility index (Phi) is 2.75. The number of fused-ring (bicyclic) bond motifs is 1. The van der Waals surface area contributed by atoms with Crippen LogP contribution in [0.1, 0.15) is 24.5 Å². The molecule has 3 aromatic rings. The van der Waals surface area contributed by atoms with Gasteiger partial charge in [-0.15, -0.1) is 5.10 Å². The third-order valence-electron chi connectivity index (χ3n) is 3.90. The first-order valence-electron chi connectivity index (χ1n) is 6.98. The first kappa shape index (κ1) is 13.8. The summed E-state index contributed by atoms with van der Waals surface area (Å²) in [6.45, 7) is 0. The molecule has 1 aliphatic carbocycles. The fraction of sp³-hybridized carbons (Fsp3) is 0.286. The van der Waals surface area contributed by atoms with E-state index in [0.29, 0.717) is 22.5 Å². The Morgan fingerprint density at radius 2 is 2.00 bits per heavy atom. The summed E-state index contributed by atoms with van der Waals surface area (Å²) in [5.41, 5.74) is 7.28. The Hall–Kier alpha value is -2.84. The number of aromatic nitrogens is 5. The van der Waals surface area contributed by atoms with E-state index in [2.05, 4.69) is 20.3 Å². The van der Waals surface area contributed by atoms with Crippen LogP contribution in [-0.4, -0.2) is 36.0 Å². The summed E-state index contributed by atoms with van der Waals surface area (Å²) >= 11 is 0. The van der Waals surface area contributed by atoms with Gasteiger partial charge in [0.25, 0.3) is 0 Å². The Morgan fingerprint density at radius 3 is 2.74 bits per heavy atom. The van der Waals surface area contributed by atoms with E-state index >= 15 is 0 Å². The van der Waals surface area contributed by atoms with E-state index in [1.807, 2.05) is 0 Å². The minimum Gasteiger partial charge on any atom is -0.508 e. The number of halogens is 2. The van der Waals surface area contributed by atoms with Crippen molar-refractivity contribution in [3.8, 4) is 11.6 Å². The molecule has 1 fully saturated rings. The second-order valence-corrected chi connectivity index (χ2v) is 5.64. The number of alkyl halides is 2. The lowest BCUT2D eigenvalue weighted by Gasteiger charge is -2.34. The van der Waals surface area contributed by atoms with Crippen LogP contribution in [0.15, 0.2) is 24.3 Å². The van der Waals surface area contributed by atoms with Gasteiger partial charge in [0.15, 0.2) is 5.82 Å². The third kappa shape index (κ3) is 2.33. The van der Waals surface area contributed by atoms with Crippen molar-refractivity contribution in [2.45, 2.75) is 24.7 Å². The molecule has 118 valence electrons. The van der Waals surface area contributed by atoms with Crippen molar-refractivity contribution >= 4 is 17.0 Å². The van der Waals surface area contributed by atoms with Gasteiger partial charge in [0.05, 0.1) is 11.2 Å². The summed E-state index contributed by atoms with van der Waals surface area (Å²) in [6.07, 6.45) is -0.482. The normalized spacial score (nSPS) is 17.3. The SMILES string of the molecule is Nc1nc(C2CC(F)(F)C2)cc(-n2nnc3cc(O)ccc32)n1. The third-order valence-corrected chi connectivity index (χ3v) is 3.90. The minimum absolute atomic E-state index is 0.00450. The van der Waals surface area contributed by atoms with Gasteiger partial charge in [-0.3, -0.25) is 0 Å². The number of benzene rings is 1. The molecule has 0 radical (unpaired) electrons. The molecule has 23 heavy (non-hydrogen) atoms. The molecule has 0 aliphatic heterocycles. The van der Waals surface area contributed by atoms with Gasteiger partial charge in [-0.25, -0.2) is 13.8 Å². The molecule has 9 heteroatoms. The summed E-state index contributed by atoms with van der Waals surface area (Å²) < 4.78 is 27.6. The molecule has 1 aromatic carbocycles. The number of phenols is 1. The molecule has 0 unspecified atom stereocenters. The predicted octanol–water partition coefficient (Wildman–Crippen LogP) is 2.01. The smallest absolute Gasteiger partial charge is 0.249 e. The fourth-order valence-corrected chi connectivity index (χ4v) is 2.74. The van der Waals surface area contributed by atoms with E-state index in [1.165, 1.54) is 16.8 Å². The van der Waals surface area contributed by atoms with E-state index in [0.717, 1.165) is 0 Å². The fourth-order valence-electron chi connectivity index (χ4n) is 2.74. The van der Waals surface area contributed by atoms with E-state index < -0.39 is 5.92 Å². The zero-order chi connectivity index (χ0) is 16.2. The van der Waals surface area contributed by atoms with E-state index in [-0.39, 0.29) is 30.5 Å². The van der Waals surface area contributed by atoms with Crippen LogP contribution >= 0.6 is 0 Å². The lowest BCUT2D eigenvalue weighted by molar-refractivity contribution is -0.0876. The van der Waals surface area contributed by atoms with Gasteiger partial charge in [-0.1, -0.05) is 5.21 Å². The summed E-state index contributed by atoms with van der Waals surface area (Å²) in [5.74, 6) is -2.55. The molecule has 0 spiro atoms. The first-order chi connectivity index (χ1) is 10.9. The zero-order valence-electron chi connectivity index (χ0n) is 11.8. The number of rotatable bonds is 2. The highest BCUT2D eigenvalue weighted by Gasteiger charge is 2.46. The highest BCUT2D eigenvalue weighted by Crippen LogP contribution is 2.47. The number of hydrogen-bond acceptors (Lipinski definition) is 6. The molecule has 2 heterocycles. The van der Waals surface area contributed by atoms with Gasteiger partial charge in [-0.05, 0) is 12.1 Å². The molecule has 0 bridgehead atoms. The lowest BCUT2D eigenvalue weighted by atomic mass is 9.79. The number of anilines is 1. The van der Waals surface area contributed by atoms with Gasteiger partial charge in [0, 0.05) is 30.9 Å². The van der Waals surface area contributed by atoms with Gasteiger partial charge in [0.2, 0.25) is 11.9 Å². The number of nitrogen functional groups attached to an aromatic ring is 1.